The van der Waals surface area contributed by atoms with E-state index in [9.17, 15) is 0 Å². The van der Waals surface area contributed by atoms with Gasteiger partial charge in [0.2, 0.25) is 0 Å². The average molecular weight is 271 g/mol. The number of nitrogen functional groups attached to an aromatic ring is 1. The molecule has 0 atom stereocenters. The van der Waals surface area contributed by atoms with Gasteiger partial charge in [0.15, 0.2) is 0 Å². The van der Waals surface area contributed by atoms with Crippen LogP contribution in [0.3, 0.4) is 0 Å². The number of hydrogen-bond donors (Lipinski definition) is 1. The number of aryl methyl sites for hydroxylation is 1. The molecule has 1 aliphatic heterocycles. The maximum atomic E-state index is 6.12. The molecule has 0 amide bonds. The number of thioether (sulfide) groups is 1. The Hall–Kier alpha value is -0.540. The molecule has 2 N–H and O–H groups in total. The molecular weight excluding hydrogens is 252 g/mol. The van der Waals surface area contributed by atoms with E-state index in [-0.39, 0.29) is 0 Å². The van der Waals surface area contributed by atoms with Gasteiger partial charge in [0.1, 0.15) is 0 Å². The summed E-state index contributed by atoms with van der Waals surface area (Å²) in [4.78, 5) is 2.41. The van der Waals surface area contributed by atoms with E-state index in [4.69, 9.17) is 17.3 Å². The number of hydrogen-bond acceptors (Lipinski definition) is 3. The van der Waals surface area contributed by atoms with E-state index in [0.29, 0.717) is 15.5 Å². The lowest BCUT2D eigenvalue weighted by atomic mass is 10.1. The molecule has 0 aliphatic carbocycles. The van der Waals surface area contributed by atoms with Gasteiger partial charge in [-0.15, -0.1) is 0 Å². The van der Waals surface area contributed by atoms with Crippen LogP contribution in [0.5, 0.6) is 0 Å². The molecule has 2 nitrogen and oxygen atoms in total. The average Bonchev–Trinajstić information content (AvgIpc) is 2.22. The molecule has 0 spiro atoms. The van der Waals surface area contributed by atoms with Gasteiger partial charge in [-0.2, -0.15) is 11.8 Å². The molecule has 94 valence electrons. The summed E-state index contributed by atoms with van der Waals surface area (Å²) >= 11 is 8.15. The first-order chi connectivity index (χ1) is 7.89. The Kier molecular flexibility index (Phi) is 3.50. The number of halogens is 1. The third-order valence-corrected chi connectivity index (χ3v) is 4.71. The van der Waals surface area contributed by atoms with Crippen molar-refractivity contribution < 1.29 is 0 Å². The van der Waals surface area contributed by atoms with Gasteiger partial charge < -0.3 is 10.6 Å². The molecule has 1 fully saturated rings. The minimum atomic E-state index is 0.304. The molecule has 4 heteroatoms. The van der Waals surface area contributed by atoms with Crippen LogP contribution in [-0.4, -0.2) is 23.6 Å². The van der Waals surface area contributed by atoms with Crippen LogP contribution in [0.15, 0.2) is 12.1 Å². The Balaban J connectivity index is 2.31. The zero-order valence-corrected chi connectivity index (χ0v) is 12.2. The SMILES string of the molecule is Cc1cc(N)c(Cl)cc1N1CCSC(C)(C)C1. The van der Waals surface area contributed by atoms with Crippen LogP contribution >= 0.6 is 23.4 Å². The summed E-state index contributed by atoms with van der Waals surface area (Å²) < 4.78 is 0.304. The first kappa shape index (κ1) is 12.9. The number of benzene rings is 1. The van der Waals surface area contributed by atoms with Gasteiger partial charge in [0.05, 0.1) is 10.7 Å². The van der Waals surface area contributed by atoms with Gasteiger partial charge in [-0.1, -0.05) is 11.6 Å². The van der Waals surface area contributed by atoms with Crippen molar-refractivity contribution in [1.29, 1.82) is 0 Å². The van der Waals surface area contributed by atoms with Gasteiger partial charge >= 0.3 is 0 Å². The van der Waals surface area contributed by atoms with E-state index in [1.54, 1.807) is 0 Å². The third-order valence-electron chi connectivity index (χ3n) is 3.08. The molecule has 1 heterocycles. The minimum absolute atomic E-state index is 0.304. The minimum Gasteiger partial charge on any atom is -0.398 e. The summed E-state index contributed by atoms with van der Waals surface area (Å²) in [5.41, 5.74) is 8.91. The Morgan fingerprint density at radius 3 is 2.76 bits per heavy atom. The van der Waals surface area contributed by atoms with E-state index in [2.05, 4.69) is 25.7 Å². The second-order valence-electron chi connectivity index (χ2n) is 5.19. The van der Waals surface area contributed by atoms with Crippen molar-refractivity contribution in [3.05, 3.63) is 22.7 Å². The molecule has 0 unspecified atom stereocenters. The molecule has 1 saturated heterocycles. The quantitative estimate of drug-likeness (QED) is 0.791. The molecule has 0 saturated carbocycles. The molecule has 2 rings (SSSR count). The van der Waals surface area contributed by atoms with E-state index < -0.39 is 0 Å². The zero-order chi connectivity index (χ0) is 12.6. The monoisotopic (exact) mass is 270 g/mol. The van der Waals surface area contributed by atoms with E-state index in [1.165, 1.54) is 11.3 Å². The number of nitrogens with two attached hydrogens (primary N) is 1. The van der Waals surface area contributed by atoms with Gasteiger partial charge in [0.25, 0.3) is 0 Å². The number of anilines is 2. The second kappa shape index (κ2) is 4.62. The van der Waals surface area contributed by atoms with Crippen LogP contribution in [0.2, 0.25) is 5.02 Å². The predicted molar refractivity (Wildman–Crippen MR) is 79.4 cm³/mol. The summed E-state index contributed by atoms with van der Waals surface area (Å²) in [5, 5.41) is 0.654. The molecule has 1 aromatic carbocycles. The van der Waals surface area contributed by atoms with Gasteiger partial charge in [0, 0.05) is 29.3 Å². The van der Waals surface area contributed by atoms with Crippen LogP contribution in [0, 0.1) is 6.92 Å². The molecule has 1 aliphatic rings. The van der Waals surface area contributed by atoms with Crippen LogP contribution in [0.1, 0.15) is 19.4 Å². The van der Waals surface area contributed by atoms with Crippen molar-refractivity contribution >= 4 is 34.7 Å². The Morgan fingerprint density at radius 2 is 2.12 bits per heavy atom. The van der Waals surface area contributed by atoms with E-state index in [0.717, 1.165) is 18.8 Å². The van der Waals surface area contributed by atoms with Crippen molar-refractivity contribution in [1.82, 2.24) is 0 Å². The van der Waals surface area contributed by atoms with Crippen molar-refractivity contribution in [2.75, 3.05) is 29.5 Å². The maximum Gasteiger partial charge on any atom is 0.0656 e. The number of nitrogens with zero attached hydrogens (tertiary/aromatic N) is 1. The lowest BCUT2D eigenvalue weighted by Crippen LogP contribution is -2.43. The van der Waals surface area contributed by atoms with Crippen LogP contribution < -0.4 is 10.6 Å². The van der Waals surface area contributed by atoms with Gasteiger partial charge in [-0.3, -0.25) is 0 Å². The maximum absolute atomic E-state index is 6.12. The fourth-order valence-corrected chi connectivity index (χ4v) is 3.53. The Bertz CT molecular complexity index is 432. The van der Waals surface area contributed by atoms with Crippen molar-refractivity contribution in [3.63, 3.8) is 0 Å². The van der Waals surface area contributed by atoms with Crippen molar-refractivity contribution in [3.8, 4) is 0 Å². The van der Waals surface area contributed by atoms with E-state index >= 15 is 0 Å². The van der Waals surface area contributed by atoms with Crippen LogP contribution in [0.25, 0.3) is 0 Å². The summed E-state index contributed by atoms with van der Waals surface area (Å²) in [6, 6.07) is 3.96. The predicted octanol–water partition coefficient (Wildman–Crippen LogP) is 3.56. The smallest absolute Gasteiger partial charge is 0.0656 e. The Labute approximate surface area is 113 Å². The standard InChI is InChI=1S/C13H19ClN2S/c1-9-6-11(15)10(14)7-12(9)16-4-5-17-13(2,3)8-16/h6-7H,4-5,8,15H2,1-3H3. The van der Waals surface area contributed by atoms with Crippen LogP contribution in [-0.2, 0) is 0 Å². The van der Waals surface area contributed by atoms with Gasteiger partial charge in [-0.25, -0.2) is 0 Å². The molecular formula is C13H19ClN2S. The lowest BCUT2D eigenvalue weighted by Gasteiger charge is -2.39. The van der Waals surface area contributed by atoms with Gasteiger partial charge in [-0.05, 0) is 38.5 Å². The highest BCUT2D eigenvalue weighted by Gasteiger charge is 2.27. The summed E-state index contributed by atoms with van der Waals surface area (Å²) in [7, 11) is 0. The first-order valence-corrected chi connectivity index (χ1v) is 7.20. The first-order valence-electron chi connectivity index (χ1n) is 5.83. The second-order valence-corrected chi connectivity index (χ2v) is 7.40. The molecule has 0 bridgehead atoms. The topological polar surface area (TPSA) is 29.3 Å². The van der Waals surface area contributed by atoms with Crippen LogP contribution in [0.4, 0.5) is 11.4 Å². The van der Waals surface area contributed by atoms with E-state index in [1.807, 2.05) is 23.9 Å². The highest BCUT2D eigenvalue weighted by atomic mass is 35.5. The highest BCUT2D eigenvalue weighted by Crippen LogP contribution is 2.35. The molecule has 17 heavy (non-hydrogen) atoms. The fraction of sp³-hybridized carbons (Fsp3) is 0.538. The molecule has 1 aromatic rings. The Morgan fingerprint density at radius 1 is 1.41 bits per heavy atom. The highest BCUT2D eigenvalue weighted by molar-refractivity contribution is 8.00. The molecule has 0 radical (unpaired) electrons. The number of rotatable bonds is 1. The third kappa shape index (κ3) is 2.83. The summed E-state index contributed by atoms with van der Waals surface area (Å²) in [5.74, 6) is 1.16. The fourth-order valence-electron chi connectivity index (χ4n) is 2.26. The summed E-state index contributed by atoms with van der Waals surface area (Å²) in [6.45, 7) is 8.81. The zero-order valence-electron chi connectivity index (χ0n) is 10.6. The lowest BCUT2D eigenvalue weighted by molar-refractivity contribution is 0.647. The molecule has 0 aromatic heterocycles. The summed E-state index contributed by atoms with van der Waals surface area (Å²) in [6.07, 6.45) is 0. The van der Waals surface area contributed by atoms with Crippen molar-refractivity contribution in [2.45, 2.75) is 25.5 Å². The normalized spacial score (nSPS) is 19.4. The van der Waals surface area contributed by atoms with Crippen molar-refractivity contribution in [2.24, 2.45) is 0 Å². The largest absolute Gasteiger partial charge is 0.398 e.